The molecule has 0 atom stereocenters. The Kier molecular flexibility index (Phi) is 4.39. The molecule has 9 heavy (non-hydrogen) atoms. The first-order chi connectivity index (χ1) is 4.31. The van der Waals surface area contributed by atoms with E-state index in [0.29, 0.717) is 6.54 Å². The van der Waals surface area contributed by atoms with E-state index in [-0.39, 0.29) is 5.96 Å². The number of nitrogens with two attached hydrogens (primary N) is 1. The van der Waals surface area contributed by atoms with Gasteiger partial charge in [-0.05, 0) is 6.42 Å². The Bertz CT molecular complexity index is 111. The van der Waals surface area contributed by atoms with Gasteiger partial charge < -0.3 is 5.73 Å². The van der Waals surface area contributed by atoms with E-state index in [1.165, 1.54) is 0 Å². The summed E-state index contributed by atoms with van der Waals surface area (Å²) in [7, 11) is 0. The van der Waals surface area contributed by atoms with Crippen LogP contribution in [0, 0.1) is 4.91 Å². The number of guanidine groups is 1. The van der Waals surface area contributed by atoms with E-state index in [2.05, 4.69) is 10.3 Å². The molecule has 0 bridgehead atoms. The van der Waals surface area contributed by atoms with Gasteiger partial charge in [0.05, 0.1) is 5.29 Å². The standard InChI is InChI=1S/C4H10N4O/c1-2-3-6-4(5)7-8-9/h2-3H2,1H3,(H3,5,6,7,9). The van der Waals surface area contributed by atoms with Crippen molar-refractivity contribution in [3.05, 3.63) is 4.91 Å². The van der Waals surface area contributed by atoms with Gasteiger partial charge in [-0.3, -0.25) is 4.99 Å². The van der Waals surface area contributed by atoms with Gasteiger partial charge >= 0.3 is 0 Å². The van der Waals surface area contributed by atoms with Crippen LogP contribution in [0.3, 0.4) is 0 Å². The van der Waals surface area contributed by atoms with Crippen molar-refractivity contribution in [2.45, 2.75) is 13.3 Å². The monoisotopic (exact) mass is 130 g/mol. The zero-order chi connectivity index (χ0) is 7.11. The number of hydrogen-bond donors (Lipinski definition) is 2. The minimum absolute atomic E-state index is 0.0758. The maximum atomic E-state index is 9.46. The summed E-state index contributed by atoms with van der Waals surface area (Å²) in [6.07, 6.45) is 0.904. The summed E-state index contributed by atoms with van der Waals surface area (Å²) in [5, 5.41) is 2.33. The highest BCUT2D eigenvalue weighted by molar-refractivity contribution is 5.77. The van der Waals surface area contributed by atoms with E-state index >= 15 is 0 Å². The summed E-state index contributed by atoms with van der Waals surface area (Å²) in [5.74, 6) is 0.0758. The highest BCUT2D eigenvalue weighted by atomic mass is 16.3. The molecule has 0 amide bonds. The molecular weight excluding hydrogens is 120 g/mol. The van der Waals surface area contributed by atoms with Crippen LogP contribution in [0.1, 0.15) is 13.3 Å². The first-order valence-electron chi connectivity index (χ1n) is 2.69. The molecule has 0 unspecified atom stereocenters. The van der Waals surface area contributed by atoms with E-state index < -0.39 is 0 Å². The Hall–Kier alpha value is -1.13. The average molecular weight is 130 g/mol. The molecule has 3 N–H and O–H groups in total. The van der Waals surface area contributed by atoms with Crippen molar-refractivity contribution in [1.29, 1.82) is 0 Å². The van der Waals surface area contributed by atoms with Crippen LogP contribution in [-0.4, -0.2) is 12.5 Å². The summed E-state index contributed by atoms with van der Waals surface area (Å²) in [5.41, 5.74) is 7.09. The second-order valence-corrected chi connectivity index (χ2v) is 1.47. The molecule has 0 aromatic heterocycles. The van der Waals surface area contributed by atoms with Crippen LogP contribution in [0.15, 0.2) is 10.3 Å². The van der Waals surface area contributed by atoms with Gasteiger partial charge in [-0.25, -0.2) is 5.43 Å². The number of nitrogens with one attached hydrogen (secondary N) is 1. The van der Waals surface area contributed by atoms with Crippen molar-refractivity contribution < 1.29 is 0 Å². The third-order valence-corrected chi connectivity index (χ3v) is 0.666. The minimum atomic E-state index is 0.0758. The Morgan fingerprint density at radius 3 is 2.89 bits per heavy atom. The maximum absolute atomic E-state index is 9.46. The fourth-order valence-electron chi connectivity index (χ4n) is 0.314. The van der Waals surface area contributed by atoms with Gasteiger partial charge in [0.2, 0.25) is 5.96 Å². The summed E-state index contributed by atoms with van der Waals surface area (Å²) < 4.78 is 0. The van der Waals surface area contributed by atoms with Crippen LogP contribution >= 0.6 is 0 Å². The average Bonchev–Trinajstić information content (AvgIpc) is 1.85. The summed E-state index contributed by atoms with van der Waals surface area (Å²) in [4.78, 5) is 13.2. The zero-order valence-corrected chi connectivity index (χ0v) is 5.29. The summed E-state index contributed by atoms with van der Waals surface area (Å²) in [6.45, 7) is 2.58. The molecule has 0 saturated heterocycles. The van der Waals surface area contributed by atoms with Crippen molar-refractivity contribution in [1.82, 2.24) is 5.43 Å². The van der Waals surface area contributed by atoms with Crippen LogP contribution in [-0.2, 0) is 0 Å². The number of rotatable bonds is 3. The van der Waals surface area contributed by atoms with E-state index in [0.717, 1.165) is 6.42 Å². The largest absolute Gasteiger partial charge is 0.368 e. The number of hydrogen-bond acceptors (Lipinski definition) is 3. The summed E-state index contributed by atoms with van der Waals surface area (Å²) in [6, 6.07) is 0. The van der Waals surface area contributed by atoms with Crippen molar-refractivity contribution in [3.63, 3.8) is 0 Å². The molecule has 0 aromatic carbocycles. The van der Waals surface area contributed by atoms with Gasteiger partial charge in [0.1, 0.15) is 0 Å². The molecule has 0 saturated carbocycles. The van der Waals surface area contributed by atoms with Crippen LogP contribution < -0.4 is 11.2 Å². The van der Waals surface area contributed by atoms with Gasteiger partial charge in [0, 0.05) is 6.54 Å². The highest BCUT2D eigenvalue weighted by Crippen LogP contribution is 1.75. The van der Waals surface area contributed by atoms with Crippen molar-refractivity contribution in [2.75, 3.05) is 6.54 Å². The molecular formula is C4H10N4O. The Morgan fingerprint density at radius 2 is 2.44 bits per heavy atom. The van der Waals surface area contributed by atoms with Crippen molar-refractivity contribution in [3.8, 4) is 0 Å². The molecule has 0 radical (unpaired) electrons. The molecule has 0 aromatic rings. The normalized spacial score (nSPS) is 11.0. The van der Waals surface area contributed by atoms with Crippen molar-refractivity contribution >= 4 is 5.96 Å². The third kappa shape index (κ3) is 4.73. The van der Waals surface area contributed by atoms with Gasteiger partial charge in [0.25, 0.3) is 0 Å². The predicted octanol–water partition coefficient (Wildman–Crippen LogP) is -0.0179. The van der Waals surface area contributed by atoms with Crippen LogP contribution in [0.5, 0.6) is 0 Å². The van der Waals surface area contributed by atoms with E-state index in [4.69, 9.17) is 5.73 Å². The lowest BCUT2D eigenvalue weighted by Crippen LogP contribution is -2.26. The number of aliphatic imine (C=N–C) groups is 1. The van der Waals surface area contributed by atoms with Gasteiger partial charge in [-0.2, -0.15) is 0 Å². The molecule has 0 fully saturated rings. The van der Waals surface area contributed by atoms with E-state index in [9.17, 15) is 4.91 Å². The van der Waals surface area contributed by atoms with E-state index in [1.54, 1.807) is 0 Å². The quantitative estimate of drug-likeness (QED) is 0.244. The topological polar surface area (TPSA) is 79.8 Å². The third-order valence-electron chi connectivity index (χ3n) is 0.666. The molecule has 52 valence electrons. The molecule has 0 heterocycles. The highest BCUT2D eigenvalue weighted by Gasteiger charge is 1.84. The van der Waals surface area contributed by atoms with Crippen LogP contribution in [0.2, 0.25) is 0 Å². The molecule has 5 nitrogen and oxygen atoms in total. The van der Waals surface area contributed by atoms with Gasteiger partial charge in [-0.15, -0.1) is 4.91 Å². The van der Waals surface area contributed by atoms with Crippen LogP contribution in [0.4, 0.5) is 0 Å². The second kappa shape index (κ2) is 5.02. The number of nitroso groups, excluding NO2 is 1. The van der Waals surface area contributed by atoms with Crippen molar-refractivity contribution in [2.24, 2.45) is 16.0 Å². The lowest BCUT2D eigenvalue weighted by atomic mass is 10.5. The molecule has 0 aliphatic heterocycles. The first kappa shape index (κ1) is 7.87. The molecule has 5 heteroatoms. The fourth-order valence-corrected chi connectivity index (χ4v) is 0.314. The Balaban J connectivity index is 3.42. The first-order valence-corrected chi connectivity index (χ1v) is 2.69. The smallest absolute Gasteiger partial charge is 0.212 e. The zero-order valence-electron chi connectivity index (χ0n) is 5.29. The lowest BCUT2D eigenvalue weighted by Gasteiger charge is -1.92. The molecule has 0 aliphatic carbocycles. The molecule has 0 aliphatic rings. The Morgan fingerprint density at radius 1 is 1.78 bits per heavy atom. The molecule has 0 spiro atoms. The molecule has 0 rings (SSSR count). The lowest BCUT2D eigenvalue weighted by molar-refractivity contribution is 0.898. The summed E-state index contributed by atoms with van der Waals surface area (Å²) >= 11 is 0. The maximum Gasteiger partial charge on any atom is 0.212 e. The van der Waals surface area contributed by atoms with Gasteiger partial charge in [0.15, 0.2) is 0 Å². The second-order valence-electron chi connectivity index (χ2n) is 1.47. The fraction of sp³-hybridized carbons (Fsp3) is 0.750. The van der Waals surface area contributed by atoms with E-state index in [1.807, 2.05) is 12.3 Å². The number of nitrogens with zero attached hydrogens (tertiary/aromatic N) is 2. The Labute approximate surface area is 53.3 Å². The van der Waals surface area contributed by atoms with Crippen LogP contribution in [0.25, 0.3) is 0 Å². The predicted molar refractivity (Wildman–Crippen MR) is 35.7 cm³/mol. The SMILES string of the molecule is CCCN=C(N)NN=O. The van der Waals surface area contributed by atoms with Gasteiger partial charge in [-0.1, -0.05) is 6.92 Å². The minimum Gasteiger partial charge on any atom is -0.368 e.